The number of ether oxygens (including phenoxy) is 2. The van der Waals surface area contributed by atoms with Crippen LogP contribution in [0.3, 0.4) is 0 Å². The van der Waals surface area contributed by atoms with Crippen molar-refractivity contribution in [2.45, 2.75) is 170 Å². The normalized spacial score (nSPS) is 31.1. The Bertz CT molecular complexity index is 2810. The molecule has 6 heterocycles. The number of nitrogens with one attached hydrogen (secondary N) is 1. The second-order valence-electron chi connectivity index (χ2n) is 24.5. The number of β-amino-alcohol motifs (C(OH)–C–C–N with tert-alkyl or cyclic N) is 1. The van der Waals surface area contributed by atoms with Gasteiger partial charge in [-0.1, -0.05) is 69.3 Å². The quantitative estimate of drug-likeness (QED) is 0.0210. The molecule has 9 atom stereocenters. The number of unbranched alkanes of at least 4 members (excludes halogenated alkanes) is 1. The number of rotatable bonds is 16. The van der Waals surface area contributed by atoms with E-state index in [0.29, 0.717) is 88.9 Å². The molecule has 5 aliphatic rings. The molecule has 0 amide bonds. The molecule has 0 unspecified atom stereocenters. The van der Waals surface area contributed by atoms with Gasteiger partial charge in [0.1, 0.15) is 17.3 Å². The minimum absolute atomic E-state index is 0.0834. The molecule has 0 bridgehead atoms. The Morgan fingerprint density at radius 3 is 2.41 bits per heavy atom. The van der Waals surface area contributed by atoms with Crippen LogP contribution in [-0.4, -0.2) is 155 Å². The Morgan fingerprint density at radius 2 is 1.72 bits per heavy atom. The monoisotopic (exact) mass is 1060 g/mol. The van der Waals surface area contributed by atoms with E-state index in [1.54, 1.807) is 18.9 Å². The first kappa shape index (κ1) is 55.6. The largest absolute Gasteiger partial charge is 0.496 e. The van der Waals surface area contributed by atoms with Gasteiger partial charge in [-0.2, -0.15) is 0 Å². The van der Waals surface area contributed by atoms with Crippen molar-refractivity contribution in [2.75, 3.05) is 64.8 Å². The van der Waals surface area contributed by atoms with Gasteiger partial charge in [-0.3, -0.25) is 14.5 Å². The van der Waals surface area contributed by atoms with Crippen molar-refractivity contribution < 1.29 is 38.8 Å². The van der Waals surface area contributed by atoms with Crippen molar-refractivity contribution in [2.24, 2.45) is 11.3 Å². The van der Waals surface area contributed by atoms with Crippen molar-refractivity contribution in [3.8, 4) is 5.75 Å². The fourth-order valence-corrected chi connectivity index (χ4v) is 19.3. The predicted octanol–water partition coefficient (Wildman–Crippen LogP) is 8.44. The molecule has 408 valence electrons. The second kappa shape index (κ2) is 20.6. The maximum atomic E-state index is 15.6. The van der Waals surface area contributed by atoms with E-state index in [9.17, 15) is 15.3 Å². The maximum absolute atomic E-state index is 15.6. The molecule has 1 spiro atoms. The fraction of sp³-hybridized carbons (Fsp3) is 0.627. The van der Waals surface area contributed by atoms with Crippen LogP contribution >= 0.6 is 11.8 Å². The van der Waals surface area contributed by atoms with Crippen molar-refractivity contribution in [3.05, 3.63) is 88.9 Å². The molecule has 75 heavy (non-hydrogen) atoms. The van der Waals surface area contributed by atoms with Gasteiger partial charge in [-0.05, 0) is 134 Å². The number of Topliss-reactive ketones (excluding diaryl/α,β-unsaturated/α-hetero) is 1. The average molecular weight is 1070 g/mol. The Kier molecular flexibility index (Phi) is 15.3. The number of esters is 1. The molecule has 2 aromatic heterocycles. The summed E-state index contributed by atoms with van der Waals surface area (Å²) in [6.45, 7) is 19.4. The highest BCUT2D eigenvalue weighted by atomic mass is 32.2. The Morgan fingerprint density at radius 1 is 0.987 bits per heavy atom. The summed E-state index contributed by atoms with van der Waals surface area (Å²) in [4.78, 5) is 50.5. The molecular weight excluding hydrogens is 981 g/mol. The van der Waals surface area contributed by atoms with Gasteiger partial charge in [0.25, 0.3) is 0 Å². The lowest BCUT2D eigenvalue weighted by Gasteiger charge is -2.63. The zero-order chi connectivity index (χ0) is 54.1. The number of aromatic nitrogens is 3. The van der Waals surface area contributed by atoms with Crippen LogP contribution in [0.25, 0.3) is 10.9 Å². The summed E-state index contributed by atoms with van der Waals surface area (Å²) in [7, 11) is 4.92. The molecule has 16 heteroatoms. The van der Waals surface area contributed by atoms with E-state index in [0.717, 1.165) is 55.9 Å². The van der Waals surface area contributed by atoms with Crippen molar-refractivity contribution in [3.63, 3.8) is 0 Å². The van der Waals surface area contributed by atoms with Gasteiger partial charge in [-0.25, -0.2) is 9.97 Å². The number of aliphatic hydroxyl groups is 3. The summed E-state index contributed by atoms with van der Waals surface area (Å²) >= 11 is 1.62. The number of aromatic amines is 1. The van der Waals surface area contributed by atoms with Gasteiger partial charge in [0.15, 0.2) is 24.9 Å². The smallest absolute Gasteiger partial charge is 0.322 e. The summed E-state index contributed by atoms with van der Waals surface area (Å²) in [5, 5.41) is 41.7. The van der Waals surface area contributed by atoms with Crippen molar-refractivity contribution in [1.82, 2.24) is 24.8 Å². The third-order valence-electron chi connectivity index (χ3n) is 18.3. The topological polar surface area (TPSA) is 174 Å². The number of aryl methyl sites for hydroxylation is 1. The highest BCUT2D eigenvalue weighted by molar-refractivity contribution is 8.00. The van der Waals surface area contributed by atoms with Crippen LogP contribution in [0.15, 0.2) is 66.1 Å². The molecule has 9 rings (SSSR count). The van der Waals surface area contributed by atoms with Crippen LogP contribution in [0.5, 0.6) is 5.75 Å². The molecule has 1 saturated heterocycles. The number of para-hydroxylation sites is 1. The van der Waals surface area contributed by atoms with E-state index >= 15 is 9.59 Å². The minimum atomic E-state index is -2.17. The van der Waals surface area contributed by atoms with Crippen LogP contribution in [0, 0.1) is 18.3 Å². The Labute approximate surface area is 450 Å². The van der Waals surface area contributed by atoms with Crippen LogP contribution in [0.4, 0.5) is 5.69 Å². The van der Waals surface area contributed by atoms with E-state index in [2.05, 4.69) is 103 Å². The second-order valence-corrected chi connectivity index (χ2v) is 30.0. The lowest BCUT2D eigenvalue weighted by molar-refractivity contribution is -0.202. The van der Waals surface area contributed by atoms with E-state index in [1.165, 1.54) is 7.11 Å². The first-order valence-electron chi connectivity index (χ1n) is 27.5. The zero-order valence-corrected chi connectivity index (χ0v) is 48.5. The number of likely N-dealkylation sites (N-methyl/N-ethyl adjacent to an activating group) is 2. The minimum Gasteiger partial charge on any atom is -0.496 e. The number of nitrogens with zero attached hydrogens (tertiary/aromatic N) is 5. The highest BCUT2D eigenvalue weighted by Gasteiger charge is 2.78. The van der Waals surface area contributed by atoms with Gasteiger partial charge < -0.3 is 44.0 Å². The number of benzene rings is 2. The van der Waals surface area contributed by atoms with E-state index < -0.39 is 59.5 Å². The molecular formula is C59H84N6O8SSi. The number of carbonyl (C=O) groups excluding carboxylic acids is 2. The van der Waals surface area contributed by atoms with E-state index in [-0.39, 0.29) is 24.2 Å². The number of hydrogen-bond donors (Lipinski definition) is 4. The zero-order valence-electron chi connectivity index (χ0n) is 46.7. The van der Waals surface area contributed by atoms with Gasteiger partial charge in [0.2, 0.25) is 0 Å². The van der Waals surface area contributed by atoms with Crippen LogP contribution in [-0.2, 0) is 36.0 Å². The standard InChI is InChI=1S/C59H84N6O8SSi/c1-13-55(69)32-38(3)33-58(52(68)72-10,48-41(23-28-63(7)36-55)40-20-15-16-21-44(40)62-48)43-30-42-45(31-46(43)71-9)64(8)50-57(42)26-29-65-27-19-25-56(14-2,49(57)65)51(67)59(50,70)47(66)22-17-18-24-54(5,6)73-75(11,12)37-74-53-60-34-39(4)35-61-53/h15-16,19-21,25,30-31,34-35,38,49-51,62,67,69-70H,13-14,17-18,22-24,26-29,32-33,36-37H2,1-12H3/t38-,49-,50+,51+,55-,56+,57+,58-,59-/m0/s1. The molecule has 14 nitrogen and oxygen atoms in total. The summed E-state index contributed by atoms with van der Waals surface area (Å²) in [5.41, 5.74) is -0.875. The van der Waals surface area contributed by atoms with E-state index in [4.69, 9.17) is 13.9 Å². The third kappa shape index (κ3) is 9.32. The SMILES string of the molecule is CC[C@]1(O)C[C@H](C)C[C@](C(=O)OC)(c2cc3c(cc2OC)N(C)[C@H]2[C@@](O)(C(=O)CCCCC(C)(C)O[Si](C)(C)CSc4ncc(C)cn4)[C@H](O)[C@]4(CC)C=CCN5CC[C@]32[C@@H]54)c2[nH]c3ccccc3c2CCN(C)C1. The lowest BCUT2D eigenvalue weighted by Crippen LogP contribution is -2.80. The van der Waals surface area contributed by atoms with E-state index in [1.807, 2.05) is 56.4 Å². The summed E-state index contributed by atoms with van der Waals surface area (Å²) in [6, 6.07) is 11.2. The molecule has 4 N–H and O–H groups in total. The molecule has 1 saturated carbocycles. The number of ketones is 1. The number of H-pyrrole nitrogens is 1. The molecule has 1 aliphatic carbocycles. The number of hydrogen-bond acceptors (Lipinski definition) is 14. The Balaban J connectivity index is 1.13. The molecule has 0 radical (unpaired) electrons. The first-order valence-corrected chi connectivity index (χ1v) is 31.6. The van der Waals surface area contributed by atoms with Crippen LogP contribution in [0.2, 0.25) is 13.1 Å². The number of fused-ring (bicyclic) bond motifs is 4. The number of methoxy groups -OCH3 is 2. The van der Waals surface area contributed by atoms with Gasteiger partial charge in [0, 0.05) is 102 Å². The lowest BCUT2D eigenvalue weighted by atomic mass is 9.47. The molecule has 2 fully saturated rings. The summed E-state index contributed by atoms with van der Waals surface area (Å²) in [6.07, 6.45) is 11.5. The fourth-order valence-electron chi connectivity index (χ4n) is 15.3. The number of anilines is 1. The maximum Gasteiger partial charge on any atom is 0.322 e. The van der Waals surface area contributed by atoms with Crippen LogP contribution < -0.4 is 9.64 Å². The van der Waals surface area contributed by atoms with Gasteiger partial charge in [-0.15, -0.1) is 0 Å². The number of thioether (sulfide) groups is 1. The summed E-state index contributed by atoms with van der Waals surface area (Å²) in [5.74, 6) is -0.506. The van der Waals surface area contributed by atoms with Crippen molar-refractivity contribution >= 4 is 48.4 Å². The predicted molar refractivity (Wildman–Crippen MR) is 299 cm³/mol. The third-order valence-corrected chi connectivity index (χ3v) is 23.2. The van der Waals surface area contributed by atoms with Crippen molar-refractivity contribution in [1.29, 1.82) is 0 Å². The summed E-state index contributed by atoms with van der Waals surface area (Å²) < 4.78 is 19.4. The van der Waals surface area contributed by atoms with Gasteiger partial charge >= 0.3 is 5.97 Å². The Hall–Kier alpha value is -4.13. The molecule has 4 aliphatic heterocycles. The first-order chi connectivity index (χ1) is 35.5. The average Bonchev–Trinajstić information content (AvgIpc) is 4.10. The van der Waals surface area contributed by atoms with Crippen LogP contribution in [0.1, 0.15) is 120 Å². The highest BCUT2D eigenvalue weighted by Crippen LogP contribution is 2.68. The number of aliphatic hydroxyl groups excluding tert-OH is 1. The van der Waals surface area contributed by atoms with Gasteiger partial charge in [0.05, 0.1) is 31.5 Å². The molecule has 4 aromatic rings. The molecule has 2 aromatic carbocycles. The number of carbonyl (C=O) groups is 2.